The molecule has 0 saturated heterocycles. The van der Waals surface area contributed by atoms with E-state index in [0.717, 1.165) is 17.7 Å². The molecule has 0 aliphatic rings. The topological polar surface area (TPSA) is 43.8 Å². The van der Waals surface area contributed by atoms with Gasteiger partial charge in [0, 0.05) is 18.2 Å². The Hall–Kier alpha value is -1.51. The Morgan fingerprint density at radius 2 is 1.81 bits per heavy atom. The molecule has 21 heavy (non-hydrogen) atoms. The summed E-state index contributed by atoms with van der Waals surface area (Å²) in [6.45, 7) is 7.75. The molecule has 1 heterocycles. The van der Waals surface area contributed by atoms with Crippen LogP contribution in [0.1, 0.15) is 71.0 Å². The summed E-state index contributed by atoms with van der Waals surface area (Å²) in [6.07, 6.45) is 7.94. The van der Waals surface area contributed by atoms with Crippen LogP contribution in [0, 0.1) is 0 Å². The fourth-order valence-electron chi connectivity index (χ4n) is 2.89. The van der Waals surface area contributed by atoms with Crippen molar-refractivity contribution in [1.82, 2.24) is 9.55 Å². The fraction of sp³-hybridized carbons (Fsp3) is 0.611. The molecular weight excluding hydrogens is 258 g/mol. The first kappa shape index (κ1) is 15.9. The van der Waals surface area contributed by atoms with E-state index in [1.54, 1.807) is 0 Å². The Morgan fingerprint density at radius 1 is 1.10 bits per heavy atom. The minimum atomic E-state index is 0.443. The van der Waals surface area contributed by atoms with E-state index in [1.165, 1.54) is 49.9 Å². The van der Waals surface area contributed by atoms with Crippen molar-refractivity contribution in [2.75, 3.05) is 5.73 Å². The summed E-state index contributed by atoms with van der Waals surface area (Å²) >= 11 is 0. The van der Waals surface area contributed by atoms with Crippen LogP contribution < -0.4 is 5.73 Å². The second-order valence-electron chi connectivity index (χ2n) is 6.29. The van der Waals surface area contributed by atoms with Crippen LogP contribution in [0.15, 0.2) is 18.2 Å². The molecule has 0 fully saturated rings. The first-order valence-corrected chi connectivity index (χ1v) is 8.39. The van der Waals surface area contributed by atoms with Gasteiger partial charge in [-0.1, -0.05) is 52.9 Å². The smallest absolute Gasteiger partial charge is 0.112 e. The van der Waals surface area contributed by atoms with E-state index in [9.17, 15) is 0 Å². The van der Waals surface area contributed by atoms with Gasteiger partial charge in [0.2, 0.25) is 0 Å². The molecule has 0 spiro atoms. The van der Waals surface area contributed by atoms with Crippen LogP contribution >= 0.6 is 0 Å². The molecule has 1 aromatic carbocycles. The molecule has 0 saturated carbocycles. The molecule has 1 aromatic heterocycles. The van der Waals surface area contributed by atoms with Crippen molar-refractivity contribution in [1.29, 1.82) is 0 Å². The second-order valence-corrected chi connectivity index (χ2v) is 6.29. The zero-order chi connectivity index (χ0) is 15.2. The summed E-state index contributed by atoms with van der Waals surface area (Å²) in [6, 6.07) is 6.07. The number of unbranched alkanes of at least 4 members (excludes halogenated alkanes) is 5. The molecule has 0 amide bonds. The van der Waals surface area contributed by atoms with Crippen LogP contribution in [-0.4, -0.2) is 9.55 Å². The highest BCUT2D eigenvalue weighted by atomic mass is 15.1. The summed E-state index contributed by atoms with van der Waals surface area (Å²) in [5.41, 5.74) is 8.93. The molecule has 0 atom stereocenters. The number of fused-ring (bicyclic) bond motifs is 1. The standard InChI is InChI=1S/C18H29N3/c1-4-5-6-7-8-9-12-21-17-11-10-15(19)13-16(17)20-18(21)14(2)3/h10-11,13-14H,4-9,12,19H2,1-3H3. The van der Waals surface area contributed by atoms with Crippen molar-refractivity contribution in [3.63, 3.8) is 0 Å². The lowest BCUT2D eigenvalue weighted by Crippen LogP contribution is -2.05. The highest BCUT2D eigenvalue weighted by Gasteiger charge is 2.13. The molecule has 116 valence electrons. The van der Waals surface area contributed by atoms with E-state index in [1.807, 2.05) is 12.1 Å². The molecule has 2 rings (SSSR count). The first-order valence-electron chi connectivity index (χ1n) is 8.39. The Balaban J connectivity index is 2.08. The molecule has 0 aliphatic carbocycles. The average Bonchev–Trinajstić information content (AvgIpc) is 2.80. The van der Waals surface area contributed by atoms with Crippen LogP contribution in [0.2, 0.25) is 0 Å². The number of aryl methyl sites for hydroxylation is 1. The quantitative estimate of drug-likeness (QED) is 0.542. The third-order valence-corrected chi connectivity index (χ3v) is 4.05. The third kappa shape index (κ3) is 3.99. The van der Waals surface area contributed by atoms with Crippen molar-refractivity contribution in [3.05, 3.63) is 24.0 Å². The van der Waals surface area contributed by atoms with Gasteiger partial charge in [0.25, 0.3) is 0 Å². The van der Waals surface area contributed by atoms with Crippen molar-refractivity contribution in [3.8, 4) is 0 Å². The maximum Gasteiger partial charge on any atom is 0.112 e. The monoisotopic (exact) mass is 287 g/mol. The minimum absolute atomic E-state index is 0.443. The highest BCUT2D eigenvalue weighted by molar-refractivity contribution is 5.79. The molecule has 0 radical (unpaired) electrons. The summed E-state index contributed by atoms with van der Waals surface area (Å²) in [7, 11) is 0. The Morgan fingerprint density at radius 3 is 2.52 bits per heavy atom. The number of hydrogen-bond acceptors (Lipinski definition) is 2. The van der Waals surface area contributed by atoms with Crippen molar-refractivity contribution >= 4 is 16.7 Å². The average molecular weight is 287 g/mol. The molecule has 2 N–H and O–H groups in total. The lowest BCUT2D eigenvalue weighted by molar-refractivity contribution is 0.545. The lowest BCUT2D eigenvalue weighted by Gasteiger charge is -2.11. The van der Waals surface area contributed by atoms with Gasteiger partial charge < -0.3 is 10.3 Å². The maximum absolute atomic E-state index is 5.88. The highest BCUT2D eigenvalue weighted by Crippen LogP contribution is 2.24. The number of imidazole rings is 1. The van der Waals surface area contributed by atoms with Gasteiger partial charge in [0.15, 0.2) is 0 Å². The van der Waals surface area contributed by atoms with Crippen molar-refractivity contribution in [2.24, 2.45) is 0 Å². The Labute approximate surface area is 128 Å². The van der Waals surface area contributed by atoms with Gasteiger partial charge in [0.1, 0.15) is 5.82 Å². The van der Waals surface area contributed by atoms with Crippen molar-refractivity contribution < 1.29 is 0 Å². The lowest BCUT2D eigenvalue weighted by atomic mass is 10.1. The van der Waals surface area contributed by atoms with E-state index in [2.05, 4.69) is 31.4 Å². The maximum atomic E-state index is 5.88. The van der Waals surface area contributed by atoms with Gasteiger partial charge in [0.05, 0.1) is 11.0 Å². The molecule has 0 unspecified atom stereocenters. The van der Waals surface area contributed by atoms with Crippen molar-refractivity contribution in [2.45, 2.75) is 71.8 Å². The van der Waals surface area contributed by atoms with E-state index < -0.39 is 0 Å². The molecule has 3 heteroatoms. The predicted octanol–water partition coefficient (Wildman–Crippen LogP) is 5.10. The number of anilines is 1. The second kappa shape index (κ2) is 7.48. The van der Waals surface area contributed by atoms with Gasteiger partial charge in [-0.25, -0.2) is 4.98 Å². The molecule has 0 bridgehead atoms. The SMILES string of the molecule is CCCCCCCCn1c(C(C)C)nc2cc(N)ccc21. The van der Waals surface area contributed by atoms with Crippen LogP contribution in [0.4, 0.5) is 5.69 Å². The Kier molecular flexibility index (Phi) is 5.66. The largest absolute Gasteiger partial charge is 0.399 e. The van der Waals surface area contributed by atoms with E-state index in [0.29, 0.717) is 5.92 Å². The minimum Gasteiger partial charge on any atom is -0.399 e. The number of nitrogen functional groups attached to an aromatic ring is 1. The van der Waals surface area contributed by atoms with E-state index in [4.69, 9.17) is 10.7 Å². The predicted molar refractivity (Wildman–Crippen MR) is 91.6 cm³/mol. The first-order chi connectivity index (χ1) is 10.1. The van der Waals surface area contributed by atoms with E-state index in [-0.39, 0.29) is 0 Å². The van der Waals surface area contributed by atoms with Gasteiger partial charge in [-0.15, -0.1) is 0 Å². The van der Waals surface area contributed by atoms with Crippen LogP contribution in [0.3, 0.4) is 0 Å². The number of benzene rings is 1. The van der Waals surface area contributed by atoms with Gasteiger partial charge in [-0.3, -0.25) is 0 Å². The zero-order valence-corrected chi connectivity index (χ0v) is 13.7. The summed E-state index contributed by atoms with van der Waals surface area (Å²) < 4.78 is 2.39. The van der Waals surface area contributed by atoms with Crippen LogP contribution in [-0.2, 0) is 6.54 Å². The van der Waals surface area contributed by atoms with Crippen LogP contribution in [0.5, 0.6) is 0 Å². The normalized spacial score (nSPS) is 11.6. The molecule has 3 nitrogen and oxygen atoms in total. The Bertz CT molecular complexity index is 569. The molecule has 2 aromatic rings. The third-order valence-electron chi connectivity index (χ3n) is 4.05. The zero-order valence-electron chi connectivity index (χ0n) is 13.7. The summed E-state index contributed by atoms with van der Waals surface area (Å²) in [4.78, 5) is 4.78. The van der Waals surface area contributed by atoms with Gasteiger partial charge in [-0.2, -0.15) is 0 Å². The van der Waals surface area contributed by atoms with Gasteiger partial charge in [-0.05, 0) is 24.6 Å². The van der Waals surface area contributed by atoms with Crippen LogP contribution in [0.25, 0.3) is 11.0 Å². The molecule has 0 aliphatic heterocycles. The van der Waals surface area contributed by atoms with Gasteiger partial charge >= 0.3 is 0 Å². The number of nitrogens with two attached hydrogens (primary N) is 1. The molecular formula is C18H29N3. The summed E-state index contributed by atoms with van der Waals surface area (Å²) in [5, 5.41) is 0. The number of rotatable bonds is 8. The fourth-order valence-corrected chi connectivity index (χ4v) is 2.89. The number of nitrogens with zero attached hydrogens (tertiary/aromatic N) is 2. The van der Waals surface area contributed by atoms with E-state index >= 15 is 0 Å². The summed E-state index contributed by atoms with van der Waals surface area (Å²) in [5.74, 6) is 1.63. The number of hydrogen-bond donors (Lipinski definition) is 1. The number of aromatic nitrogens is 2.